The van der Waals surface area contributed by atoms with Crippen molar-refractivity contribution in [2.45, 2.75) is 0 Å². The number of aromatic nitrogens is 3. The molecule has 0 fully saturated rings. The third-order valence-electron chi connectivity index (χ3n) is 5.06. The van der Waals surface area contributed by atoms with Gasteiger partial charge in [0, 0.05) is 31.7 Å². The van der Waals surface area contributed by atoms with E-state index in [0.29, 0.717) is 0 Å². The van der Waals surface area contributed by atoms with Crippen LogP contribution in [-0.4, -0.2) is 15.0 Å². The number of aromatic amines is 2. The molecule has 3 heterocycles. The van der Waals surface area contributed by atoms with Crippen molar-refractivity contribution in [3.63, 3.8) is 0 Å². The largest absolute Gasteiger partial charge is 0.355 e. The van der Waals surface area contributed by atoms with Crippen LogP contribution in [0.5, 0.6) is 0 Å². The Morgan fingerprint density at radius 1 is 0.741 bits per heavy atom. The summed E-state index contributed by atoms with van der Waals surface area (Å²) in [5.74, 6) is 0. The molecule has 3 aromatic heterocycles. The molecule has 0 saturated heterocycles. The average molecular weight is 365 g/mol. The highest BCUT2D eigenvalue weighted by Gasteiger charge is 2.08. The lowest BCUT2D eigenvalue weighted by Crippen LogP contribution is -1.77. The Labute approximate surface area is 159 Å². The molecule has 6 rings (SSSR count). The third-order valence-corrected chi connectivity index (χ3v) is 6.23. The van der Waals surface area contributed by atoms with Gasteiger partial charge in [0.15, 0.2) is 0 Å². The SMILES string of the molecule is c1ccc2sc(-c3ccc4[nH]c(-c5ccc6nc[nH]c6c5)cc4c3)cc2c1. The third kappa shape index (κ3) is 2.38. The quantitative estimate of drug-likeness (QED) is 0.357. The summed E-state index contributed by atoms with van der Waals surface area (Å²) in [6.07, 6.45) is 1.73. The zero-order chi connectivity index (χ0) is 17.8. The molecule has 0 aliphatic carbocycles. The van der Waals surface area contributed by atoms with Gasteiger partial charge in [-0.05, 0) is 53.4 Å². The van der Waals surface area contributed by atoms with Gasteiger partial charge in [-0.25, -0.2) is 4.98 Å². The second-order valence-electron chi connectivity index (χ2n) is 6.77. The molecule has 0 unspecified atom stereocenters. The first kappa shape index (κ1) is 14.8. The number of imidazole rings is 1. The molecule has 3 aromatic carbocycles. The van der Waals surface area contributed by atoms with E-state index < -0.39 is 0 Å². The number of nitrogens with one attached hydrogen (secondary N) is 2. The summed E-state index contributed by atoms with van der Waals surface area (Å²) in [6, 6.07) is 26.0. The fraction of sp³-hybridized carbons (Fsp3) is 0. The standard InChI is InChI=1S/C23H15N3S/c1-2-4-22-15(3-1)12-23(27-22)16-6-7-18-17(9-16)11-20(26-18)14-5-8-19-21(10-14)25-13-24-19/h1-13,26H,(H,24,25). The van der Waals surface area contributed by atoms with Crippen molar-refractivity contribution in [2.75, 3.05) is 0 Å². The summed E-state index contributed by atoms with van der Waals surface area (Å²) in [5.41, 5.74) is 6.73. The second-order valence-corrected chi connectivity index (χ2v) is 7.85. The first-order valence-electron chi connectivity index (χ1n) is 8.89. The lowest BCUT2D eigenvalue weighted by Gasteiger charge is -1.97. The van der Waals surface area contributed by atoms with E-state index in [4.69, 9.17) is 0 Å². The zero-order valence-electron chi connectivity index (χ0n) is 14.4. The molecule has 0 aliphatic heterocycles. The first-order chi connectivity index (χ1) is 13.3. The minimum atomic E-state index is 0.988. The van der Waals surface area contributed by atoms with E-state index >= 15 is 0 Å². The predicted molar refractivity (Wildman–Crippen MR) is 114 cm³/mol. The van der Waals surface area contributed by atoms with Gasteiger partial charge in [0.2, 0.25) is 0 Å². The predicted octanol–water partition coefficient (Wildman–Crippen LogP) is 6.59. The van der Waals surface area contributed by atoms with Gasteiger partial charge in [-0.2, -0.15) is 0 Å². The summed E-state index contributed by atoms with van der Waals surface area (Å²) in [6.45, 7) is 0. The number of fused-ring (bicyclic) bond motifs is 3. The van der Waals surface area contributed by atoms with Gasteiger partial charge in [-0.1, -0.05) is 30.3 Å². The molecule has 0 atom stereocenters. The van der Waals surface area contributed by atoms with Crippen LogP contribution in [-0.2, 0) is 0 Å². The number of thiophene rings is 1. The molecule has 0 saturated carbocycles. The molecule has 0 aliphatic rings. The maximum Gasteiger partial charge on any atom is 0.0931 e. The van der Waals surface area contributed by atoms with Crippen LogP contribution in [0.1, 0.15) is 0 Å². The Hall–Kier alpha value is -3.37. The Bertz CT molecular complexity index is 1400. The van der Waals surface area contributed by atoms with E-state index in [2.05, 4.69) is 87.7 Å². The Kier molecular flexibility index (Phi) is 3.04. The monoisotopic (exact) mass is 365 g/mol. The van der Waals surface area contributed by atoms with Crippen LogP contribution >= 0.6 is 11.3 Å². The summed E-state index contributed by atoms with van der Waals surface area (Å²) < 4.78 is 1.33. The molecule has 2 N–H and O–H groups in total. The van der Waals surface area contributed by atoms with E-state index in [0.717, 1.165) is 27.8 Å². The maximum absolute atomic E-state index is 4.29. The van der Waals surface area contributed by atoms with Gasteiger partial charge in [0.25, 0.3) is 0 Å². The molecular formula is C23H15N3S. The molecule has 0 bridgehead atoms. The fourth-order valence-corrected chi connectivity index (χ4v) is 4.73. The number of nitrogens with zero attached hydrogens (tertiary/aromatic N) is 1. The van der Waals surface area contributed by atoms with Crippen LogP contribution in [0.25, 0.3) is 53.7 Å². The van der Waals surface area contributed by atoms with Crippen LogP contribution in [0.2, 0.25) is 0 Å². The minimum absolute atomic E-state index is 0.988. The number of hydrogen-bond acceptors (Lipinski definition) is 2. The van der Waals surface area contributed by atoms with Crippen molar-refractivity contribution in [1.29, 1.82) is 0 Å². The van der Waals surface area contributed by atoms with Gasteiger partial charge in [-0.15, -0.1) is 11.3 Å². The smallest absolute Gasteiger partial charge is 0.0931 e. The summed E-state index contributed by atoms with van der Waals surface area (Å²) in [7, 11) is 0. The lowest BCUT2D eigenvalue weighted by atomic mass is 10.1. The van der Waals surface area contributed by atoms with Crippen molar-refractivity contribution in [2.24, 2.45) is 0 Å². The number of rotatable bonds is 2. The molecule has 4 heteroatoms. The minimum Gasteiger partial charge on any atom is -0.355 e. The van der Waals surface area contributed by atoms with E-state index in [1.54, 1.807) is 6.33 Å². The molecule has 0 amide bonds. The number of benzene rings is 3. The highest BCUT2D eigenvalue weighted by Crippen LogP contribution is 2.35. The van der Waals surface area contributed by atoms with Gasteiger partial charge < -0.3 is 9.97 Å². The number of hydrogen-bond donors (Lipinski definition) is 2. The van der Waals surface area contributed by atoms with Crippen LogP contribution < -0.4 is 0 Å². The van der Waals surface area contributed by atoms with Crippen LogP contribution in [0.3, 0.4) is 0 Å². The highest BCUT2D eigenvalue weighted by molar-refractivity contribution is 7.22. The molecule has 27 heavy (non-hydrogen) atoms. The second kappa shape index (κ2) is 5.56. The van der Waals surface area contributed by atoms with Gasteiger partial charge in [0.05, 0.1) is 17.4 Å². The van der Waals surface area contributed by atoms with Crippen molar-refractivity contribution in [3.05, 3.63) is 79.1 Å². The molecular weight excluding hydrogens is 350 g/mol. The van der Waals surface area contributed by atoms with Crippen LogP contribution in [0.4, 0.5) is 0 Å². The van der Waals surface area contributed by atoms with Crippen molar-refractivity contribution >= 4 is 43.4 Å². The molecule has 3 nitrogen and oxygen atoms in total. The number of H-pyrrole nitrogens is 2. The highest BCUT2D eigenvalue weighted by atomic mass is 32.1. The molecule has 128 valence electrons. The van der Waals surface area contributed by atoms with Gasteiger partial charge in [0.1, 0.15) is 0 Å². The van der Waals surface area contributed by atoms with Gasteiger partial charge >= 0.3 is 0 Å². The Morgan fingerprint density at radius 3 is 2.63 bits per heavy atom. The lowest BCUT2D eigenvalue weighted by molar-refractivity contribution is 1.34. The van der Waals surface area contributed by atoms with Crippen LogP contribution in [0, 0.1) is 0 Å². The summed E-state index contributed by atoms with van der Waals surface area (Å²) >= 11 is 1.84. The summed E-state index contributed by atoms with van der Waals surface area (Å²) in [4.78, 5) is 12.3. The van der Waals surface area contributed by atoms with E-state index in [1.807, 2.05) is 11.3 Å². The molecule has 6 aromatic rings. The molecule has 0 radical (unpaired) electrons. The zero-order valence-corrected chi connectivity index (χ0v) is 15.2. The van der Waals surface area contributed by atoms with E-state index in [-0.39, 0.29) is 0 Å². The molecule has 0 spiro atoms. The Balaban J connectivity index is 1.46. The topological polar surface area (TPSA) is 44.5 Å². The van der Waals surface area contributed by atoms with Crippen molar-refractivity contribution in [1.82, 2.24) is 15.0 Å². The average Bonchev–Trinajstić information content (AvgIpc) is 3.42. The normalized spacial score (nSPS) is 11.7. The fourth-order valence-electron chi connectivity index (χ4n) is 3.67. The van der Waals surface area contributed by atoms with Gasteiger partial charge in [-0.3, -0.25) is 0 Å². The van der Waals surface area contributed by atoms with E-state index in [9.17, 15) is 0 Å². The van der Waals surface area contributed by atoms with Crippen molar-refractivity contribution < 1.29 is 0 Å². The Morgan fingerprint density at radius 2 is 1.67 bits per heavy atom. The maximum atomic E-state index is 4.29. The summed E-state index contributed by atoms with van der Waals surface area (Å²) in [5, 5.41) is 2.53. The first-order valence-corrected chi connectivity index (χ1v) is 9.70. The van der Waals surface area contributed by atoms with E-state index in [1.165, 1.54) is 25.9 Å². The van der Waals surface area contributed by atoms with Crippen molar-refractivity contribution in [3.8, 4) is 21.7 Å². The van der Waals surface area contributed by atoms with Crippen LogP contribution in [0.15, 0.2) is 79.1 Å².